The smallest absolute Gasteiger partial charge is 0.407 e. The van der Waals surface area contributed by atoms with E-state index >= 15 is 0 Å². The highest BCUT2D eigenvalue weighted by molar-refractivity contribution is 5.66. The van der Waals surface area contributed by atoms with Gasteiger partial charge in [-0.2, -0.15) is 0 Å². The minimum absolute atomic E-state index is 0.0741. The average Bonchev–Trinajstić information content (AvgIpc) is 2.62. The van der Waals surface area contributed by atoms with E-state index < -0.39 is 6.09 Å². The number of anilines is 1. The van der Waals surface area contributed by atoms with Crippen molar-refractivity contribution in [2.75, 3.05) is 18.8 Å². The molecule has 3 atom stereocenters. The van der Waals surface area contributed by atoms with Gasteiger partial charge >= 0.3 is 12.1 Å². The van der Waals surface area contributed by atoms with E-state index in [1.54, 1.807) is 0 Å². The number of nitrogen functional groups attached to an aromatic ring is 1. The van der Waals surface area contributed by atoms with Crippen molar-refractivity contribution in [2.24, 2.45) is 11.8 Å². The summed E-state index contributed by atoms with van der Waals surface area (Å²) in [6.07, 6.45) is -0.856. The molecule has 80 valence electrons. The molecule has 2 fully saturated rings. The standard InChI is InChI=1S/C8H10N4O3/c9-7-11-10-6(15-7)5-3-1-12(8(13)14)2-4(3)5/h3-5H,1-2H2,(H2,9,11)(H,13,14)/t3-,4+,5?. The molecule has 1 unspecified atom stereocenters. The SMILES string of the molecule is Nc1nnc(C2[C@H]3CN(C(=O)O)C[C@@H]23)o1. The molecule has 7 heteroatoms. The van der Waals surface area contributed by atoms with E-state index in [0.717, 1.165) is 0 Å². The van der Waals surface area contributed by atoms with Gasteiger partial charge in [0.25, 0.3) is 0 Å². The van der Waals surface area contributed by atoms with E-state index in [2.05, 4.69) is 10.2 Å². The monoisotopic (exact) mass is 210 g/mol. The lowest BCUT2D eigenvalue weighted by atomic mass is 10.3. The Kier molecular flexibility index (Phi) is 1.49. The van der Waals surface area contributed by atoms with Crippen LogP contribution in [0.1, 0.15) is 11.8 Å². The predicted octanol–water partition coefficient (Wildman–Crippen LogP) is -0.0250. The van der Waals surface area contributed by atoms with E-state index in [1.807, 2.05) is 0 Å². The highest BCUT2D eigenvalue weighted by Gasteiger charge is 2.60. The molecule has 1 amide bonds. The fourth-order valence-corrected chi connectivity index (χ4v) is 2.43. The summed E-state index contributed by atoms with van der Waals surface area (Å²) in [4.78, 5) is 12.1. The summed E-state index contributed by atoms with van der Waals surface area (Å²) in [6, 6.07) is 0.0741. The summed E-state index contributed by atoms with van der Waals surface area (Å²) >= 11 is 0. The minimum atomic E-state index is -0.856. The quantitative estimate of drug-likeness (QED) is 0.674. The fourth-order valence-electron chi connectivity index (χ4n) is 2.43. The van der Waals surface area contributed by atoms with E-state index in [1.165, 1.54) is 4.90 Å². The van der Waals surface area contributed by atoms with Crippen molar-refractivity contribution >= 4 is 12.1 Å². The van der Waals surface area contributed by atoms with Crippen LogP contribution in [0.2, 0.25) is 0 Å². The number of piperidine rings is 1. The number of rotatable bonds is 1. The molecule has 0 radical (unpaired) electrons. The molecule has 0 bridgehead atoms. The lowest BCUT2D eigenvalue weighted by Crippen LogP contribution is -2.29. The van der Waals surface area contributed by atoms with Gasteiger partial charge < -0.3 is 20.2 Å². The number of carbonyl (C=O) groups is 1. The Balaban J connectivity index is 1.70. The summed E-state index contributed by atoms with van der Waals surface area (Å²) in [5, 5.41) is 16.2. The number of aromatic nitrogens is 2. The average molecular weight is 210 g/mol. The maximum absolute atomic E-state index is 10.7. The summed E-state index contributed by atoms with van der Waals surface area (Å²) in [5.74, 6) is 1.43. The normalized spacial score (nSPS) is 32.8. The molecule has 15 heavy (non-hydrogen) atoms. The minimum Gasteiger partial charge on any atom is -0.465 e. The molecule has 2 aliphatic rings. The van der Waals surface area contributed by atoms with E-state index in [0.29, 0.717) is 30.8 Å². The second-order valence-electron chi connectivity index (χ2n) is 4.02. The van der Waals surface area contributed by atoms with Crippen LogP contribution in [-0.2, 0) is 0 Å². The first kappa shape index (κ1) is 8.51. The van der Waals surface area contributed by atoms with Crippen LogP contribution in [0.25, 0.3) is 0 Å². The topological polar surface area (TPSA) is 105 Å². The molecular weight excluding hydrogens is 200 g/mol. The Bertz CT molecular complexity index is 406. The van der Waals surface area contributed by atoms with Crippen molar-refractivity contribution in [3.05, 3.63) is 5.89 Å². The van der Waals surface area contributed by atoms with Crippen LogP contribution in [-0.4, -0.2) is 39.4 Å². The second-order valence-corrected chi connectivity index (χ2v) is 4.02. The maximum Gasteiger partial charge on any atom is 0.407 e. The summed E-state index contributed by atoms with van der Waals surface area (Å²) < 4.78 is 5.13. The van der Waals surface area contributed by atoms with Gasteiger partial charge in [0.05, 0.1) is 0 Å². The highest BCUT2D eigenvalue weighted by atomic mass is 16.4. The number of carboxylic acid groups (broad SMARTS) is 1. The molecule has 3 N–H and O–H groups in total. The number of fused-ring (bicyclic) bond motifs is 1. The van der Waals surface area contributed by atoms with Crippen molar-refractivity contribution < 1.29 is 14.3 Å². The number of hydrogen-bond acceptors (Lipinski definition) is 5. The van der Waals surface area contributed by atoms with Crippen LogP contribution in [0.4, 0.5) is 10.8 Å². The third-order valence-corrected chi connectivity index (χ3v) is 3.21. The molecule has 1 aromatic heterocycles. The molecule has 1 saturated carbocycles. The van der Waals surface area contributed by atoms with Crippen LogP contribution in [0.15, 0.2) is 4.42 Å². The first-order chi connectivity index (χ1) is 7.16. The van der Waals surface area contributed by atoms with Gasteiger partial charge in [-0.05, 0) is 11.8 Å². The van der Waals surface area contributed by atoms with Crippen LogP contribution < -0.4 is 5.73 Å². The van der Waals surface area contributed by atoms with Crippen LogP contribution in [0.5, 0.6) is 0 Å². The van der Waals surface area contributed by atoms with E-state index in [9.17, 15) is 4.79 Å². The lowest BCUT2D eigenvalue weighted by molar-refractivity contribution is 0.149. The second kappa shape index (κ2) is 2.62. The fraction of sp³-hybridized carbons (Fsp3) is 0.625. The molecule has 3 rings (SSSR count). The van der Waals surface area contributed by atoms with Crippen molar-refractivity contribution in [3.63, 3.8) is 0 Å². The zero-order valence-electron chi connectivity index (χ0n) is 7.83. The first-order valence-electron chi connectivity index (χ1n) is 4.73. The molecule has 0 spiro atoms. The van der Waals surface area contributed by atoms with Crippen LogP contribution in [0, 0.1) is 11.8 Å². The van der Waals surface area contributed by atoms with Gasteiger partial charge in [0, 0.05) is 19.0 Å². The van der Waals surface area contributed by atoms with Crippen molar-refractivity contribution in [3.8, 4) is 0 Å². The summed E-state index contributed by atoms with van der Waals surface area (Å²) in [5.41, 5.74) is 5.33. The third-order valence-electron chi connectivity index (χ3n) is 3.21. The number of amides is 1. The third kappa shape index (κ3) is 1.15. The van der Waals surface area contributed by atoms with Crippen molar-refractivity contribution in [2.45, 2.75) is 5.92 Å². The number of nitrogens with zero attached hydrogens (tertiary/aromatic N) is 3. The summed E-state index contributed by atoms with van der Waals surface area (Å²) in [7, 11) is 0. The molecule has 1 aliphatic carbocycles. The van der Waals surface area contributed by atoms with Gasteiger partial charge in [0.2, 0.25) is 5.89 Å². The first-order valence-corrected chi connectivity index (χ1v) is 4.73. The molecule has 7 nitrogen and oxygen atoms in total. The number of hydrogen-bond donors (Lipinski definition) is 2. The largest absolute Gasteiger partial charge is 0.465 e. The van der Waals surface area contributed by atoms with E-state index in [4.69, 9.17) is 15.3 Å². The molecule has 1 aromatic rings. The van der Waals surface area contributed by atoms with Gasteiger partial charge in [0.1, 0.15) is 0 Å². The molecular formula is C8H10N4O3. The van der Waals surface area contributed by atoms with Gasteiger partial charge in [0.15, 0.2) is 0 Å². The van der Waals surface area contributed by atoms with Gasteiger partial charge in [-0.25, -0.2) is 4.79 Å². The number of nitrogens with two attached hydrogens (primary N) is 1. The maximum atomic E-state index is 10.7. The summed E-state index contributed by atoms with van der Waals surface area (Å²) in [6.45, 7) is 1.12. The Morgan fingerprint density at radius 3 is 2.60 bits per heavy atom. The predicted molar refractivity (Wildman–Crippen MR) is 48.0 cm³/mol. The van der Waals surface area contributed by atoms with Gasteiger partial charge in [-0.15, -0.1) is 5.10 Å². The van der Waals surface area contributed by atoms with Gasteiger partial charge in [-0.3, -0.25) is 0 Å². The Labute approximate surface area is 84.9 Å². The highest BCUT2D eigenvalue weighted by Crippen LogP contribution is 2.57. The molecule has 2 heterocycles. The van der Waals surface area contributed by atoms with Crippen molar-refractivity contribution in [1.29, 1.82) is 0 Å². The number of likely N-dealkylation sites (tertiary alicyclic amines) is 1. The van der Waals surface area contributed by atoms with Crippen LogP contribution in [0.3, 0.4) is 0 Å². The molecule has 1 saturated heterocycles. The molecule has 1 aliphatic heterocycles. The van der Waals surface area contributed by atoms with Crippen molar-refractivity contribution in [1.82, 2.24) is 15.1 Å². The lowest BCUT2D eigenvalue weighted by Gasteiger charge is -2.14. The Morgan fingerprint density at radius 2 is 2.13 bits per heavy atom. The zero-order chi connectivity index (χ0) is 10.6. The van der Waals surface area contributed by atoms with Gasteiger partial charge in [-0.1, -0.05) is 5.10 Å². The Morgan fingerprint density at radius 1 is 1.47 bits per heavy atom. The van der Waals surface area contributed by atoms with Crippen LogP contribution >= 0.6 is 0 Å². The zero-order valence-corrected chi connectivity index (χ0v) is 7.83. The Hall–Kier alpha value is -1.79. The molecule has 0 aromatic carbocycles. The van der Waals surface area contributed by atoms with E-state index in [-0.39, 0.29) is 11.9 Å².